The minimum Gasteiger partial charge on any atom is -0.343 e. The number of imide groups is 1. The molecule has 0 bridgehead atoms. The van der Waals surface area contributed by atoms with Crippen molar-refractivity contribution in [1.29, 1.82) is 0 Å². The Morgan fingerprint density at radius 3 is 2.50 bits per heavy atom. The van der Waals surface area contributed by atoms with Gasteiger partial charge in [-0.1, -0.05) is 50.8 Å². The van der Waals surface area contributed by atoms with E-state index >= 15 is 0 Å². The van der Waals surface area contributed by atoms with Gasteiger partial charge in [-0.25, -0.2) is 4.79 Å². The van der Waals surface area contributed by atoms with Crippen LogP contribution in [-0.4, -0.2) is 71.8 Å². The summed E-state index contributed by atoms with van der Waals surface area (Å²) in [5.41, 5.74) is 2.37. The summed E-state index contributed by atoms with van der Waals surface area (Å²) in [4.78, 5) is 34.2. The van der Waals surface area contributed by atoms with E-state index in [9.17, 15) is 9.59 Å². The fourth-order valence-corrected chi connectivity index (χ4v) is 5.06. The maximum absolute atomic E-state index is 13.5. The zero-order chi connectivity index (χ0) is 21.4. The molecule has 7 nitrogen and oxygen atoms in total. The third-order valence-electron chi connectivity index (χ3n) is 6.69. The summed E-state index contributed by atoms with van der Waals surface area (Å²) in [6.07, 6.45) is 3.82. The first-order chi connectivity index (χ1) is 14.4. The third-order valence-corrected chi connectivity index (χ3v) is 6.69. The number of aryl methyl sites for hydroxylation is 1. The second kappa shape index (κ2) is 8.55. The van der Waals surface area contributed by atoms with Gasteiger partial charge in [-0.2, -0.15) is 0 Å². The Morgan fingerprint density at radius 1 is 1.07 bits per heavy atom. The lowest BCUT2D eigenvalue weighted by molar-refractivity contribution is -0.138. The Balaban J connectivity index is 1.58. The molecule has 3 saturated heterocycles. The van der Waals surface area contributed by atoms with E-state index in [0.717, 1.165) is 44.5 Å². The first kappa shape index (κ1) is 21.1. The highest BCUT2D eigenvalue weighted by Gasteiger charge is 2.56. The van der Waals surface area contributed by atoms with E-state index in [0.29, 0.717) is 12.5 Å². The highest BCUT2D eigenvalue weighted by Crippen LogP contribution is 2.34. The number of fused-ring (bicyclic) bond motifs is 3. The second-order valence-corrected chi connectivity index (χ2v) is 9.16. The molecule has 0 spiro atoms. The van der Waals surface area contributed by atoms with E-state index in [4.69, 9.17) is 0 Å². The van der Waals surface area contributed by atoms with E-state index in [2.05, 4.69) is 60.2 Å². The number of benzene rings is 1. The molecular formula is C23H35N5O2. The van der Waals surface area contributed by atoms with Crippen molar-refractivity contribution in [3.63, 3.8) is 0 Å². The molecule has 0 aliphatic carbocycles. The number of carbonyl (C=O) groups is 2. The number of likely N-dealkylation sites (N-methyl/N-ethyl adjacent to an activating group) is 1. The second-order valence-electron chi connectivity index (χ2n) is 9.16. The fourth-order valence-electron chi connectivity index (χ4n) is 5.06. The van der Waals surface area contributed by atoms with Gasteiger partial charge in [0.25, 0.3) is 5.91 Å². The van der Waals surface area contributed by atoms with Gasteiger partial charge in [0.15, 0.2) is 0 Å². The molecular weight excluding hydrogens is 378 g/mol. The molecule has 3 amide bonds. The number of amides is 3. The number of nitrogens with zero attached hydrogens (tertiary/aromatic N) is 4. The van der Waals surface area contributed by atoms with Crippen LogP contribution in [0.3, 0.4) is 0 Å². The lowest BCUT2D eigenvalue weighted by Gasteiger charge is -2.46. The van der Waals surface area contributed by atoms with Crippen molar-refractivity contribution in [2.75, 3.05) is 31.6 Å². The number of nitrogens with one attached hydrogen (secondary N) is 1. The molecule has 3 aliphatic heterocycles. The van der Waals surface area contributed by atoms with E-state index in [1.807, 2.05) is 7.05 Å². The summed E-state index contributed by atoms with van der Waals surface area (Å²) in [6, 6.07) is 8.02. The maximum atomic E-state index is 13.5. The van der Waals surface area contributed by atoms with Crippen molar-refractivity contribution in [1.82, 2.24) is 20.0 Å². The van der Waals surface area contributed by atoms with Crippen LogP contribution in [0.25, 0.3) is 0 Å². The van der Waals surface area contributed by atoms with Gasteiger partial charge in [-0.15, -0.1) is 0 Å². The Morgan fingerprint density at radius 2 is 1.80 bits per heavy atom. The minimum atomic E-state index is -0.334. The molecule has 1 aromatic rings. The van der Waals surface area contributed by atoms with Crippen LogP contribution in [0, 0.1) is 12.8 Å². The number of carbonyl (C=O) groups excluding carboxylic acids is 2. The van der Waals surface area contributed by atoms with Crippen molar-refractivity contribution in [2.24, 2.45) is 5.92 Å². The largest absolute Gasteiger partial charge is 0.343 e. The lowest BCUT2D eigenvalue weighted by atomic mass is 10.0. The van der Waals surface area contributed by atoms with Gasteiger partial charge in [-0.3, -0.25) is 19.9 Å². The molecule has 4 unspecified atom stereocenters. The fraction of sp³-hybridized carbons (Fsp3) is 0.652. The van der Waals surface area contributed by atoms with Crippen LogP contribution in [0.15, 0.2) is 24.3 Å². The number of anilines is 1. The first-order valence-corrected chi connectivity index (χ1v) is 11.4. The quantitative estimate of drug-likeness (QED) is 0.727. The highest BCUT2D eigenvalue weighted by molar-refractivity contribution is 6.00. The van der Waals surface area contributed by atoms with Gasteiger partial charge in [0.1, 0.15) is 18.5 Å². The predicted octanol–water partition coefficient (Wildman–Crippen LogP) is 2.81. The highest BCUT2D eigenvalue weighted by atomic mass is 16.2. The molecule has 3 aliphatic rings. The normalized spacial score (nSPS) is 29.4. The number of urea groups is 1. The van der Waals surface area contributed by atoms with Gasteiger partial charge < -0.3 is 9.80 Å². The molecule has 0 aromatic heterocycles. The number of unbranched alkanes of at least 4 members (excludes halogenated alkanes) is 3. The molecule has 164 valence electrons. The Kier molecular flexibility index (Phi) is 6.02. The third kappa shape index (κ3) is 3.69. The zero-order valence-corrected chi connectivity index (χ0v) is 18.7. The molecule has 7 heteroatoms. The summed E-state index contributed by atoms with van der Waals surface area (Å²) < 4.78 is 0. The molecule has 3 fully saturated rings. The van der Waals surface area contributed by atoms with E-state index in [1.165, 1.54) is 10.5 Å². The summed E-state index contributed by atoms with van der Waals surface area (Å²) in [7, 11) is 1.82. The van der Waals surface area contributed by atoms with E-state index in [1.54, 1.807) is 4.90 Å². The van der Waals surface area contributed by atoms with Gasteiger partial charge in [0.05, 0.1) is 0 Å². The van der Waals surface area contributed by atoms with Crippen molar-refractivity contribution in [3.8, 4) is 0 Å². The SMILES string of the molecule is CCCCCCN1C(=O)C2C(NC3N(c4ccc(C)cc4)CC(C)CN23)N(C)C1=O. The van der Waals surface area contributed by atoms with Crippen molar-refractivity contribution in [3.05, 3.63) is 29.8 Å². The van der Waals surface area contributed by atoms with Crippen LogP contribution in [0.5, 0.6) is 0 Å². The molecule has 1 aromatic carbocycles. The molecule has 4 rings (SSSR count). The Bertz CT molecular complexity index is 782. The molecule has 1 N–H and O–H groups in total. The average Bonchev–Trinajstić information content (AvgIpc) is 3.11. The first-order valence-electron chi connectivity index (χ1n) is 11.4. The van der Waals surface area contributed by atoms with Crippen molar-refractivity contribution < 1.29 is 9.59 Å². The number of hydrogen-bond donors (Lipinski definition) is 1. The average molecular weight is 414 g/mol. The molecule has 4 atom stereocenters. The van der Waals surface area contributed by atoms with Gasteiger partial charge in [0, 0.05) is 32.4 Å². The van der Waals surface area contributed by atoms with E-state index in [-0.39, 0.29) is 30.4 Å². The standard InChI is InChI=1S/C23H35N5O2/c1-5-6-7-8-13-26-21(29)19-20(25(4)23(26)30)24-22-27(14-17(3)15-28(19)22)18-11-9-16(2)10-12-18/h9-12,17,19-20,22,24H,5-8,13-15H2,1-4H3. The zero-order valence-electron chi connectivity index (χ0n) is 18.7. The Hall–Kier alpha value is -2.12. The van der Waals surface area contributed by atoms with E-state index < -0.39 is 0 Å². The molecule has 0 saturated carbocycles. The summed E-state index contributed by atoms with van der Waals surface area (Å²) >= 11 is 0. The van der Waals surface area contributed by atoms with Crippen molar-refractivity contribution >= 4 is 17.6 Å². The number of hydrogen-bond acceptors (Lipinski definition) is 5. The Labute approximate surface area is 180 Å². The smallest absolute Gasteiger partial charge is 0.327 e. The van der Waals surface area contributed by atoms with Gasteiger partial charge >= 0.3 is 6.03 Å². The van der Waals surface area contributed by atoms with Crippen LogP contribution < -0.4 is 10.2 Å². The molecule has 30 heavy (non-hydrogen) atoms. The monoisotopic (exact) mass is 413 g/mol. The van der Waals surface area contributed by atoms with Crippen LogP contribution >= 0.6 is 0 Å². The van der Waals surface area contributed by atoms with Gasteiger partial charge in [0.2, 0.25) is 0 Å². The van der Waals surface area contributed by atoms with Crippen LogP contribution in [-0.2, 0) is 4.79 Å². The maximum Gasteiger partial charge on any atom is 0.327 e. The summed E-state index contributed by atoms with van der Waals surface area (Å²) in [6.45, 7) is 8.77. The lowest BCUT2D eigenvalue weighted by Crippen LogP contribution is -2.66. The van der Waals surface area contributed by atoms with Gasteiger partial charge in [-0.05, 0) is 31.4 Å². The molecule has 0 radical (unpaired) electrons. The molecule has 3 heterocycles. The van der Waals surface area contributed by atoms with Crippen LogP contribution in [0.2, 0.25) is 0 Å². The van der Waals surface area contributed by atoms with Crippen LogP contribution in [0.1, 0.15) is 45.1 Å². The minimum absolute atomic E-state index is 0.0486. The van der Waals surface area contributed by atoms with Crippen LogP contribution in [0.4, 0.5) is 10.5 Å². The predicted molar refractivity (Wildman–Crippen MR) is 118 cm³/mol. The number of rotatable bonds is 6. The topological polar surface area (TPSA) is 59.1 Å². The van der Waals surface area contributed by atoms with Crippen molar-refractivity contribution in [2.45, 2.75) is 65.0 Å². The summed E-state index contributed by atoms with van der Waals surface area (Å²) in [5, 5.41) is 3.60. The summed E-state index contributed by atoms with van der Waals surface area (Å²) in [5.74, 6) is 0.379.